The number of carboxylic acid groups (broad SMARTS) is 2. The van der Waals surface area contributed by atoms with Crippen molar-refractivity contribution in [2.45, 2.75) is 63.2 Å². The van der Waals surface area contributed by atoms with Gasteiger partial charge in [-0.2, -0.15) is 0 Å². The van der Waals surface area contributed by atoms with Gasteiger partial charge in [-0.25, -0.2) is 4.79 Å². The summed E-state index contributed by atoms with van der Waals surface area (Å²) in [5.41, 5.74) is 16.5. The smallest absolute Gasteiger partial charge is 0.326 e. The molecule has 0 saturated heterocycles. The lowest BCUT2D eigenvalue weighted by molar-refractivity contribution is -0.142. The molecule has 1 aromatic rings. The van der Waals surface area contributed by atoms with Crippen LogP contribution >= 0.6 is 0 Å². The number of hydrogen-bond donors (Lipinski definition) is 9. The molecule has 4 atom stereocenters. The van der Waals surface area contributed by atoms with Gasteiger partial charge in [0.1, 0.15) is 23.9 Å². The topological polar surface area (TPSA) is 273 Å². The summed E-state index contributed by atoms with van der Waals surface area (Å²) in [6.07, 6.45) is -0.613. The fraction of sp³-hybridized carbons (Fsp3) is 0.478. The van der Waals surface area contributed by atoms with E-state index in [0.717, 1.165) is 0 Å². The third-order valence-electron chi connectivity index (χ3n) is 5.26. The van der Waals surface area contributed by atoms with Gasteiger partial charge < -0.3 is 48.5 Å². The number of aliphatic imine (C=N–C) groups is 1. The van der Waals surface area contributed by atoms with E-state index in [1.807, 2.05) is 0 Å². The van der Waals surface area contributed by atoms with Gasteiger partial charge >= 0.3 is 11.9 Å². The molecule has 1 aromatic carbocycles. The van der Waals surface area contributed by atoms with Gasteiger partial charge in [-0.1, -0.05) is 12.1 Å². The number of carbonyl (C=O) groups is 5. The second-order valence-corrected chi connectivity index (χ2v) is 8.56. The zero-order valence-electron chi connectivity index (χ0n) is 20.9. The van der Waals surface area contributed by atoms with Gasteiger partial charge in [0.2, 0.25) is 17.7 Å². The van der Waals surface area contributed by atoms with Crippen molar-refractivity contribution < 1.29 is 39.3 Å². The number of nitrogens with two attached hydrogens (primary N) is 3. The molecule has 0 heterocycles. The summed E-state index contributed by atoms with van der Waals surface area (Å²) >= 11 is 0. The Morgan fingerprint density at radius 2 is 1.42 bits per heavy atom. The molecule has 38 heavy (non-hydrogen) atoms. The van der Waals surface area contributed by atoms with Crippen molar-refractivity contribution in [3.63, 3.8) is 0 Å². The van der Waals surface area contributed by atoms with Crippen LogP contribution in [0.25, 0.3) is 0 Å². The predicted octanol–water partition coefficient (Wildman–Crippen LogP) is -2.26. The van der Waals surface area contributed by atoms with Crippen LogP contribution in [0, 0.1) is 0 Å². The van der Waals surface area contributed by atoms with E-state index in [1.165, 1.54) is 31.2 Å². The van der Waals surface area contributed by atoms with Crippen molar-refractivity contribution in [1.82, 2.24) is 16.0 Å². The molecule has 210 valence electrons. The number of nitrogens with one attached hydrogen (secondary N) is 3. The van der Waals surface area contributed by atoms with E-state index in [9.17, 15) is 34.2 Å². The van der Waals surface area contributed by atoms with Gasteiger partial charge in [-0.3, -0.25) is 24.2 Å². The third kappa shape index (κ3) is 12.0. The maximum Gasteiger partial charge on any atom is 0.326 e. The van der Waals surface area contributed by atoms with Gasteiger partial charge in [0, 0.05) is 19.4 Å². The van der Waals surface area contributed by atoms with Crippen LogP contribution in [0.2, 0.25) is 0 Å². The van der Waals surface area contributed by atoms with Crippen LogP contribution in [-0.2, 0) is 30.4 Å². The Hall–Kier alpha value is -4.40. The predicted molar refractivity (Wildman–Crippen MR) is 136 cm³/mol. The average Bonchev–Trinajstić information content (AvgIpc) is 2.83. The molecular weight excluding hydrogens is 502 g/mol. The molecule has 0 aromatic heterocycles. The Morgan fingerprint density at radius 1 is 0.868 bits per heavy atom. The quantitative estimate of drug-likeness (QED) is 0.0616. The summed E-state index contributed by atoms with van der Waals surface area (Å²) in [7, 11) is 0. The Labute approximate surface area is 218 Å². The maximum atomic E-state index is 13.1. The molecule has 0 fully saturated rings. The minimum Gasteiger partial charge on any atom is -0.508 e. The number of aliphatic carboxylic acids is 2. The van der Waals surface area contributed by atoms with Crippen LogP contribution in [0.3, 0.4) is 0 Å². The number of guanidine groups is 1. The maximum absolute atomic E-state index is 13.1. The Morgan fingerprint density at radius 3 is 1.95 bits per heavy atom. The van der Waals surface area contributed by atoms with E-state index in [4.69, 9.17) is 22.3 Å². The highest BCUT2D eigenvalue weighted by molar-refractivity contribution is 5.94. The monoisotopic (exact) mass is 537 g/mol. The summed E-state index contributed by atoms with van der Waals surface area (Å²) in [6, 6.07) is 0.804. The number of nitrogens with zero attached hydrogens (tertiary/aromatic N) is 1. The molecule has 0 spiro atoms. The van der Waals surface area contributed by atoms with E-state index < -0.39 is 60.2 Å². The van der Waals surface area contributed by atoms with Crippen LogP contribution in [0.1, 0.15) is 38.2 Å². The van der Waals surface area contributed by atoms with Crippen molar-refractivity contribution in [3.8, 4) is 5.75 Å². The SMILES string of the molecule is CC(N)C(=O)NC(CCC(=O)O)C(=O)NC(Cc1ccc(O)cc1)C(=O)NC(CCCN=C(N)N)C(=O)O. The molecule has 0 aliphatic carbocycles. The first kappa shape index (κ1) is 31.6. The number of aromatic hydroxyl groups is 1. The van der Waals surface area contributed by atoms with Crippen molar-refractivity contribution in [2.24, 2.45) is 22.2 Å². The summed E-state index contributed by atoms with van der Waals surface area (Å²) < 4.78 is 0. The van der Waals surface area contributed by atoms with Gasteiger partial charge in [0.15, 0.2) is 5.96 Å². The van der Waals surface area contributed by atoms with Crippen molar-refractivity contribution in [1.29, 1.82) is 0 Å². The van der Waals surface area contributed by atoms with E-state index in [-0.39, 0.29) is 43.9 Å². The molecule has 15 nitrogen and oxygen atoms in total. The highest BCUT2D eigenvalue weighted by atomic mass is 16.4. The van der Waals surface area contributed by atoms with Crippen molar-refractivity contribution >= 4 is 35.6 Å². The fourth-order valence-corrected chi connectivity index (χ4v) is 3.22. The van der Waals surface area contributed by atoms with Gasteiger partial charge in [0.25, 0.3) is 0 Å². The first-order valence-electron chi connectivity index (χ1n) is 11.7. The molecule has 12 N–H and O–H groups in total. The number of amides is 3. The molecule has 3 amide bonds. The van der Waals surface area contributed by atoms with Crippen LogP contribution in [-0.4, -0.2) is 81.7 Å². The van der Waals surface area contributed by atoms with E-state index in [2.05, 4.69) is 20.9 Å². The first-order valence-corrected chi connectivity index (χ1v) is 11.7. The number of phenolic OH excluding ortho intramolecular Hbond substituents is 1. The molecule has 0 radical (unpaired) electrons. The number of hydrogen-bond acceptors (Lipinski definition) is 8. The minimum absolute atomic E-state index is 0.0105. The normalized spacial score (nSPS) is 13.7. The molecule has 4 unspecified atom stereocenters. The van der Waals surface area contributed by atoms with Crippen molar-refractivity contribution in [3.05, 3.63) is 29.8 Å². The zero-order valence-corrected chi connectivity index (χ0v) is 20.9. The summed E-state index contributed by atoms with van der Waals surface area (Å²) in [5.74, 6) is -5.12. The Balaban J connectivity index is 3.12. The van der Waals surface area contributed by atoms with Gasteiger partial charge in [-0.05, 0) is 43.9 Å². The Bertz CT molecular complexity index is 1010. The number of phenols is 1. The average molecular weight is 538 g/mol. The van der Waals surface area contributed by atoms with Gasteiger partial charge in [0.05, 0.1) is 6.04 Å². The number of benzene rings is 1. The van der Waals surface area contributed by atoms with Crippen molar-refractivity contribution in [2.75, 3.05) is 6.54 Å². The number of carbonyl (C=O) groups excluding carboxylic acids is 3. The standard InChI is InChI=1S/C23H35N7O8/c1-12(24)19(34)28-15(8-9-18(32)33)20(35)30-17(11-13-4-6-14(31)7-5-13)21(36)29-16(22(37)38)3-2-10-27-23(25)26/h4-7,12,15-17,31H,2-3,8-11,24H2,1H3,(H,28,34)(H,29,36)(H,30,35)(H,32,33)(H,37,38)(H4,25,26,27). The fourth-order valence-electron chi connectivity index (χ4n) is 3.22. The second-order valence-electron chi connectivity index (χ2n) is 8.56. The molecule has 0 saturated carbocycles. The lowest BCUT2D eigenvalue weighted by Gasteiger charge is -2.25. The molecule has 0 aliphatic heterocycles. The largest absolute Gasteiger partial charge is 0.508 e. The molecule has 15 heteroatoms. The second kappa shape index (κ2) is 15.7. The van der Waals surface area contributed by atoms with E-state index in [0.29, 0.717) is 5.56 Å². The van der Waals surface area contributed by atoms with E-state index in [1.54, 1.807) is 0 Å². The Kier molecular flexibility index (Phi) is 13.0. The first-order chi connectivity index (χ1) is 17.8. The third-order valence-corrected chi connectivity index (χ3v) is 5.26. The summed E-state index contributed by atoms with van der Waals surface area (Å²) in [4.78, 5) is 64.7. The highest BCUT2D eigenvalue weighted by Crippen LogP contribution is 2.12. The van der Waals surface area contributed by atoms with Crippen LogP contribution in [0.4, 0.5) is 0 Å². The van der Waals surface area contributed by atoms with Gasteiger partial charge in [-0.15, -0.1) is 0 Å². The van der Waals surface area contributed by atoms with Crippen LogP contribution in [0.15, 0.2) is 29.3 Å². The molecule has 0 bridgehead atoms. The number of carboxylic acids is 2. The molecule has 0 aliphatic rings. The van der Waals surface area contributed by atoms with Crippen LogP contribution in [0.5, 0.6) is 5.75 Å². The zero-order chi connectivity index (χ0) is 28.8. The molecule has 1 rings (SSSR count). The summed E-state index contributed by atoms with van der Waals surface area (Å²) in [5, 5.41) is 35.3. The lowest BCUT2D eigenvalue weighted by atomic mass is 10.0. The lowest BCUT2D eigenvalue weighted by Crippen LogP contribution is -2.57. The number of rotatable bonds is 16. The minimum atomic E-state index is -1.32. The van der Waals surface area contributed by atoms with Crippen LogP contribution < -0.4 is 33.2 Å². The summed E-state index contributed by atoms with van der Waals surface area (Å²) in [6.45, 7) is 1.52. The molecular formula is C23H35N7O8. The highest BCUT2D eigenvalue weighted by Gasteiger charge is 2.30. The van der Waals surface area contributed by atoms with E-state index >= 15 is 0 Å².